The second kappa shape index (κ2) is 7.35. The van der Waals surface area contributed by atoms with E-state index in [1.165, 1.54) is 14.2 Å². The minimum Gasteiger partial charge on any atom is -0.504 e. The zero-order chi connectivity index (χ0) is 18.7. The molecule has 0 heterocycles. The van der Waals surface area contributed by atoms with Crippen LogP contribution in [0.3, 0.4) is 0 Å². The summed E-state index contributed by atoms with van der Waals surface area (Å²) < 4.78 is 10.0. The van der Waals surface area contributed by atoms with E-state index < -0.39 is 0 Å². The topological polar surface area (TPSA) is 76.0 Å². The Balaban J connectivity index is 1.83. The van der Waals surface area contributed by atoms with Gasteiger partial charge in [-0.15, -0.1) is 0 Å². The fourth-order valence-electron chi connectivity index (χ4n) is 2.97. The number of Topliss-reactive ketones (excluding diaryl/α,β-unsaturated/α-hetero) is 1. The van der Waals surface area contributed by atoms with Gasteiger partial charge in [0, 0.05) is 11.1 Å². The Labute approximate surface area is 151 Å². The number of carbonyl (C=O) groups excluding carboxylic acids is 1. The quantitative estimate of drug-likeness (QED) is 0.815. The van der Waals surface area contributed by atoms with Crippen LogP contribution in [0.25, 0.3) is 12.2 Å². The average Bonchev–Trinajstić information content (AvgIpc) is 2.95. The van der Waals surface area contributed by atoms with Gasteiger partial charge in [-0.25, -0.2) is 0 Å². The molecule has 0 atom stereocenters. The molecular weight excluding hydrogens is 332 g/mol. The van der Waals surface area contributed by atoms with E-state index in [4.69, 9.17) is 9.47 Å². The first kappa shape index (κ1) is 17.6. The lowest BCUT2D eigenvalue weighted by Gasteiger charge is -2.04. The monoisotopic (exact) mass is 352 g/mol. The van der Waals surface area contributed by atoms with Crippen molar-refractivity contribution in [1.82, 2.24) is 0 Å². The van der Waals surface area contributed by atoms with E-state index in [-0.39, 0.29) is 17.3 Å². The molecule has 0 aromatic heterocycles. The summed E-state index contributed by atoms with van der Waals surface area (Å²) in [7, 11) is 2.98. The molecule has 0 radical (unpaired) electrons. The summed E-state index contributed by atoms with van der Waals surface area (Å²) in [5, 5.41) is 19.7. The summed E-state index contributed by atoms with van der Waals surface area (Å²) in [5.41, 5.74) is 2.88. The molecule has 0 saturated heterocycles. The summed E-state index contributed by atoms with van der Waals surface area (Å²) in [5.74, 6) is 0.846. The Morgan fingerprint density at radius 2 is 1.23 bits per heavy atom. The van der Waals surface area contributed by atoms with Crippen molar-refractivity contribution in [2.24, 2.45) is 0 Å². The Kier molecular flexibility index (Phi) is 4.98. The van der Waals surface area contributed by atoms with Gasteiger partial charge in [-0.05, 0) is 60.4 Å². The molecule has 0 bridgehead atoms. The zero-order valence-electron chi connectivity index (χ0n) is 14.7. The highest BCUT2D eigenvalue weighted by molar-refractivity contribution is 6.15. The van der Waals surface area contributed by atoms with Gasteiger partial charge in [0.15, 0.2) is 28.8 Å². The van der Waals surface area contributed by atoms with Crippen molar-refractivity contribution in [3.8, 4) is 23.0 Å². The smallest absolute Gasteiger partial charge is 0.185 e. The van der Waals surface area contributed by atoms with Gasteiger partial charge in [0.2, 0.25) is 0 Å². The number of ether oxygens (including phenoxy) is 2. The van der Waals surface area contributed by atoms with Gasteiger partial charge >= 0.3 is 0 Å². The molecule has 0 spiro atoms. The summed E-state index contributed by atoms with van der Waals surface area (Å²) in [6.07, 6.45) is 4.85. The van der Waals surface area contributed by atoms with Crippen molar-refractivity contribution >= 4 is 17.9 Å². The summed E-state index contributed by atoms with van der Waals surface area (Å²) in [6.45, 7) is 0. The molecule has 5 heteroatoms. The van der Waals surface area contributed by atoms with Crippen molar-refractivity contribution in [3.05, 3.63) is 58.7 Å². The molecule has 1 aliphatic rings. The van der Waals surface area contributed by atoms with Crippen LogP contribution in [0.4, 0.5) is 0 Å². The second-order valence-corrected chi connectivity index (χ2v) is 6.03. The number of aromatic hydroxyl groups is 2. The molecule has 2 aromatic carbocycles. The number of allylic oxidation sites excluding steroid dienone is 2. The van der Waals surface area contributed by atoms with Crippen LogP contribution in [-0.4, -0.2) is 30.2 Å². The fraction of sp³-hybridized carbons (Fsp3) is 0.190. The Hall–Kier alpha value is -3.21. The molecule has 2 N–H and O–H groups in total. The number of phenolic OH excluding ortho intramolecular Hbond substituents is 2. The van der Waals surface area contributed by atoms with E-state index in [2.05, 4.69) is 0 Å². The van der Waals surface area contributed by atoms with Crippen molar-refractivity contribution in [3.63, 3.8) is 0 Å². The number of hydrogen-bond donors (Lipinski definition) is 2. The van der Waals surface area contributed by atoms with E-state index in [9.17, 15) is 15.0 Å². The van der Waals surface area contributed by atoms with E-state index >= 15 is 0 Å². The molecule has 3 rings (SSSR count). The van der Waals surface area contributed by atoms with Crippen molar-refractivity contribution in [1.29, 1.82) is 0 Å². The highest BCUT2D eigenvalue weighted by Gasteiger charge is 2.23. The van der Waals surface area contributed by atoms with Crippen LogP contribution >= 0.6 is 0 Å². The lowest BCUT2D eigenvalue weighted by molar-refractivity contribution is -0.111. The number of hydrogen-bond acceptors (Lipinski definition) is 5. The SMILES string of the molecule is COc1ccc(C=C2CCC(=Cc3ccc(OC)c(O)c3)C2=O)cc1O. The summed E-state index contributed by atoms with van der Waals surface area (Å²) in [4.78, 5) is 12.6. The molecular formula is C21H20O5. The first-order valence-electron chi connectivity index (χ1n) is 8.21. The van der Waals surface area contributed by atoms with Crippen LogP contribution in [0.2, 0.25) is 0 Å². The lowest BCUT2D eigenvalue weighted by Crippen LogP contribution is -1.95. The van der Waals surface area contributed by atoms with E-state index in [1.807, 2.05) is 0 Å². The van der Waals surface area contributed by atoms with Gasteiger partial charge in [0.05, 0.1) is 14.2 Å². The molecule has 1 fully saturated rings. The molecule has 0 aliphatic heterocycles. The predicted molar refractivity (Wildman–Crippen MR) is 99.5 cm³/mol. The number of rotatable bonds is 4. The van der Waals surface area contributed by atoms with Gasteiger partial charge in [-0.1, -0.05) is 12.1 Å². The van der Waals surface area contributed by atoms with Gasteiger partial charge in [-0.2, -0.15) is 0 Å². The van der Waals surface area contributed by atoms with Crippen molar-refractivity contribution < 1.29 is 24.5 Å². The number of carbonyl (C=O) groups is 1. The Morgan fingerprint density at radius 3 is 1.58 bits per heavy atom. The number of methoxy groups -OCH3 is 2. The minimum atomic E-state index is -0.0179. The number of benzene rings is 2. The maximum Gasteiger partial charge on any atom is 0.185 e. The zero-order valence-corrected chi connectivity index (χ0v) is 14.7. The van der Waals surface area contributed by atoms with Crippen LogP contribution in [0.5, 0.6) is 23.0 Å². The molecule has 1 saturated carbocycles. The highest BCUT2D eigenvalue weighted by atomic mass is 16.5. The fourth-order valence-corrected chi connectivity index (χ4v) is 2.97. The van der Waals surface area contributed by atoms with Crippen LogP contribution in [0.1, 0.15) is 24.0 Å². The molecule has 2 aromatic rings. The largest absolute Gasteiger partial charge is 0.504 e. The first-order valence-corrected chi connectivity index (χ1v) is 8.21. The molecule has 26 heavy (non-hydrogen) atoms. The van der Waals surface area contributed by atoms with Gasteiger partial charge < -0.3 is 19.7 Å². The molecule has 5 nitrogen and oxygen atoms in total. The standard InChI is InChI=1S/C21H20O5/c1-25-19-7-3-13(11-17(19)22)9-15-5-6-16(21(15)24)10-14-4-8-20(26-2)18(23)12-14/h3-4,7-12,22-23H,5-6H2,1-2H3. The maximum absolute atomic E-state index is 12.6. The first-order chi connectivity index (χ1) is 12.5. The van der Waals surface area contributed by atoms with Crippen LogP contribution in [-0.2, 0) is 4.79 Å². The third-order valence-electron chi connectivity index (χ3n) is 4.33. The Bertz CT molecular complexity index is 835. The molecule has 134 valence electrons. The average molecular weight is 352 g/mol. The summed E-state index contributed by atoms with van der Waals surface area (Å²) in [6, 6.07) is 10.1. The number of phenols is 2. The lowest BCUT2D eigenvalue weighted by atomic mass is 10.1. The highest BCUT2D eigenvalue weighted by Crippen LogP contribution is 2.33. The molecule has 0 amide bonds. The third-order valence-corrected chi connectivity index (χ3v) is 4.33. The van der Waals surface area contributed by atoms with Crippen LogP contribution in [0.15, 0.2) is 47.5 Å². The molecule has 1 aliphatic carbocycles. The van der Waals surface area contributed by atoms with Crippen molar-refractivity contribution in [2.45, 2.75) is 12.8 Å². The van der Waals surface area contributed by atoms with Crippen LogP contribution in [0, 0.1) is 0 Å². The second-order valence-electron chi connectivity index (χ2n) is 6.03. The van der Waals surface area contributed by atoms with Gasteiger partial charge in [-0.3, -0.25) is 4.79 Å². The summed E-state index contributed by atoms with van der Waals surface area (Å²) >= 11 is 0. The maximum atomic E-state index is 12.6. The van der Waals surface area contributed by atoms with Gasteiger partial charge in [0.25, 0.3) is 0 Å². The minimum absolute atomic E-state index is 0.0179. The molecule has 0 unspecified atom stereocenters. The van der Waals surface area contributed by atoms with E-state index in [0.29, 0.717) is 35.5 Å². The number of ketones is 1. The van der Waals surface area contributed by atoms with Gasteiger partial charge in [0.1, 0.15) is 0 Å². The van der Waals surface area contributed by atoms with E-state index in [1.54, 1.807) is 48.6 Å². The van der Waals surface area contributed by atoms with Crippen LogP contribution < -0.4 is 9.47 Å². The van der Waals surface area contributed by atoms with Crippen molar-refractivity contribution in [2.75, 3.05) is 14.2 Å². The Morgan fingerprint density at radius 1 is 0.808 bits per heavy atom. The normalized spacial score (nSPS) is 17.1. The third kappa shape index (κ3) is 3.57. The predicted octanol–water partition coefficient (Wildman–Crippen LogP) is 3.94. The van der Waals surface area contributed by atoms with E-state index in [0.717, 1.165) is 11.1 Å².